The summed E-state index contributed by atoms with van der Waals surface area (Å²) >= 11 is 1.35. The maximum atomic E-state index is 12.1. The molecule has 0 atom stereocenters. The Morgan fingerprint density at radius 2 is 1.38 bits per heavy atom. The molecule has 3 N–H and O–H groups in total. The predicted molar refractivity (Wildman–Crippen MR) is 204 cm³/mol. The summed E-state index contributed by atoms with van der Waals surface area (Å²) in [5.41, 5.74) is 1.14. The fraction of sp³-hybridized carbons (Fsp3) is 0.649. The molecule has 3 aliphatic rings. The molecule has 15 heteroatoms. The van der Waals surface area contributed by atoms with Gasteiger partial charge in [0.1, 0.15) is 16.8 Å². The maximum Gasteiger partial charge on any atom is 0.407 e. The number of carbonyl (C=O) groups is 2. The third kappa shape index (κ3) is 9.98. The van der Waals surface area contributed by atoms with Gasteiger partial charge >= 0.3 is 12.2 Å². The number of nitrogens with one attached hydrogen (secondary N) is 3. The molecule has 7 rings (SSSR count). The maximum absolute atomic E-state index is 12.1. The zero-order valence-corrected chi connectivity index (χ0v) is 32.2. The van der Waals surface area contributed by atoms with E-state index in [1.54, 1.807) is 0 Å². The first-order valence-corrected chi connectivity index (χ1v) is 19.5. The van der Waals surface area contributed by atoms with Crippen molar-refractivity contribution in [2.75, 3.05) is 23.3 Å². The minimum atomic E-state index is -0.501. The molecule has 2 amide bonds. The molecule has 52 heavy (non-hydrogen) atoms. The first-order chi connectivity index (χ1) is 24.8. The van der Waals surface area contributed by atoms with Gasteiger partial charge in [0.2, 0.25) is 17.0 Å². The molecule has 2 saturated carbocycles. The average molecular weight is 735 g/mol. The van der Waals surface area contributed by atoms with Gasteiger partial charge in [-0.1, -0.05) is 32.1 Å². The summed E-state index contributed by atoms with van der Waals surface area (Å²) in [6.45, 7) is 12.8. The average Bonchev–Trinajstić information content (AvgIpc) is 3.84. The van der Waals surface area contributed by atoms with Crippen LogP contribution in [0.2, 0.25) is 0 Å². The molecule has 0 unspecified atom stereocenters. The highest BCUT2D eigenvalue weighted by Crippen LogP contribution is 2.37. The zero-order valence-electron chi connectivity index (χ0n) is 31.4. The molecule has 2 aliphatic carbocycles. The summed E-state index contributed by atoms with van der Waals surface area (Å²) in [6.07, 6.45) is 17.4. The van der Waals surface area contributed by atoms with Crippen molar-refractivity contribution in [1.29, 1.82) is 0 Å². The number of pyridine rings is 1. The van der Waals surface area contributed by atoms with Crippen LogP contribution in [0.5, 0.6) is 0 Å². The highest BCUT2D eigenvalue weighted by molar-refractivity contribution is 7.09. The molecule has 14 nitrogen and oxygen atoms in total. The standard InChI is InChI=1S/C26H33N9O2S.C11H21NO2/c1-26(2,3)37-25(36)29-16-9-12-34(13-10-16)24-32-23(33-38-24)31-22-28-14-19-18-8-11-27-15-20(18)35(21(19)30-22)17-6-4-5-7-17;1-11(2,3)14-10(13)12-9-7-5-4-6-8-9/h8,11,14-17H,4-7,9-10,12-13H2,1-3H3,(H,29,36)(H,28,30,31,33);9H,4-8H2,1-3H3,(H,12,13). The van der Waals surface area contributed by atoms with Gasteiger partial charge in [-0.05, 0) is 86.1 Å². The molecule has 0 bridgehead atoms. The van der Waals surface area contributed by atoms with Crippen molar-refractivity contribution in [1.82, 2.24) is 39.5 Å². The number of rotatable bonds is 6. The van der Waals surface area contributed by atoms with E-state index in [0.29, 0.717) is 24.0 Å². The monoisotopic (exact) mass is 734 g/mol. The number of carbonyl (C=O) groups excluding carboxylic acids is 2. The fourth-order valence-electron chi connectivity index (χ4n) is 7.16. The summed E-state index contributed by atoms with van der Waals surface area (Å²) in [5, 5.41) is 12.1. The third-order valence-corrected chi connectivity index (χ3v) is 10.3. The van der Waals surface area contributed by atoms with E-state index in [9.17, 15) is 9.59 Å². The Morgan fingerprint density at radius 1 is 0.769 bits per heavy atom. The highest BCUT2D eigenvalue weighted by Gasteiger charge is 2.27. The van der Waals surface area contributed by atoms with E-state index in [4.69, 9.17) is 19.4 Å². The lowest BCUT2D eigenvalue weighted by Crippen LogP contribution is -2.46. The lowest BCUT2D eigenvalue weighted by molar-refractivity contribution is 0.0483. The van der Waals surface area contributed by atoms with E-state index in [2.05, 4.69) is 39.8 Å². The van der Waals surface area contributed by atoms with Crippen LogP contribution in [0.3, 0.4) is 0 Å². The number of anilines is 3. The van der Waals surface area contributed by atoms with Crippen LogP contribution in [0.25, 0.3) is 21.9 Å². The molecule has 1 aliphatic heterocycles. The number of aromatic nitrogens is 6. The Balaban J connectivity index is 0.000000280. The topological polar surface area (TPSA) is 161 Å². The fourth-order valence-corrected chi connectivity index (χ4v) is 7.84. The van der Waals surface area contributed by atoms with Gasteiger partial charge in [-0.2, -0.15) is 14.3 Å². The molecule has 0 aromatic carbocycles. The SMILES string of the molecule is CC(C)(C)OC(=O)NC1CCCCC1.CC(C)(C)OC(=O)NC1CCN(c2nc(Nc3ncc4c5ccncc5n(C5CCCC5)c4n3)ns2)CC1. The summed E-state index contributed by atoms with van der Waals surface area (Å²) in [6, 6.07) is 2.89. The number of fused-ring (bicyclic) bond motifs is 3. The van der Waals surface area contributed by atoms with Gasteiger partial charge < -0.3 is 29.6 Å². The van der Waals surface area contributed by atoms with Crippen molar-refractivity contribution in [2.24, 2.45) is 0 Å². The molecule has 4 aromatic rings. The largest absolute Gasteiger partial charge is 0.444 e. The number of nitrogens with zero attached hydrogens (tertiary/aromatic N) is 7. The molecule has 4 aromatic heterocycles. The first-order valence-electron chi connectivity index (χ1n) is 18.8. The quantitative estimate of drug-likeness (QED) is 0.176. The smallest absolute Gasteiger partial charge is 0.407 e. The highest BCUT2D eigenvalue weighted by atomic mass is 32.1. The van der Waals surface area contributed by atoms with Crippen molar-refractivity contribution in [3.05, 3.63) is 24.7 Å². The van der Waals surface area contributed by atoms with E-state index >= 15 is 0 Å². The number of ether oxygens (including phenoxy) is 2. The van der Waals surface area contributed by atoms with Crippen molar-refractivity contribution < 1.29 is 19.1 Å². The van der Waals surface area contributed by atoms with Crippen molar-refractivity contribution in [3.63, 3.8) is 0 Å². The van der Waals surface area contributed by atoms with Crippen LogP contribution in [0.15, 0.2) is 24.7 Å². The van der Waals surface area contributed by atoms with Gasteiger partial charge in [0, 0.05) is 65.9 Å². The number of hydrogen-bond donors (Lipinski definition) is 3. The van der Waals surface area contributed by atoms with Crippen LogP contribution in [-0.2, 0) is 9.47 Å². The Hall–Kier alpha value is -4.27. The molecule has 1 saturated heterocycles. The Bertz CT molecular complexity index is 1810. The normalized spacial score (nSPS) is 17.8. The lowest BCUT2D eigenvalue weighted by Gasteiger charge is -2.32. The van der Waals surface area contributed by atoms with E-state index < -0.39 is 11.2 Å². The van der Waals surface area contributed by atoms with E-state index in [1.165, 1.54) is 43.6 Å². The molecule has 5 heterocycles. The van der Waals surface area contributed by atoms with Gasteiger partial charge in [0.25, 0.3) is 0 Å². The molecular weight excluding hydrogens is 681 g/mol. The molecular formula is C37H54N10O4S. The van der Waals surface area contributed by atoms with Gasteiger partial charge in [-0.25, -0.2) is 14.6 Å². The van der Waals surface area contributed by atoms with Crippen molar-refractivity contribution in [3.8, 4) is 0 Å². The van der Waals surface area contributed by atoms with E-state index in [0.717, 1.165) is 78.7 Å². The van der Waals surface area contributed by atoms with Gasteiger partial charge in [-0.15, -0.1) is 0 Å². The van der Waals surface area contributed by atoms with E-state index in [1.807, 2.05) is 66.2 Å². The minimum Gasteiger partial charge on any atom is -0.444 e. The van der Waals surface area contributed by atoms with Crippen molar-refractivity contribution >= 4 is 62.7 Å². The minimum absolute atomic E-state index is 0.0913. The summed E-state index contributed by atoms with van der Waals surface area (Å²) in [4.78, 5) is 44.2. The lowest BCUT2D eigenvalue weighted by atomic mass is 9.96. The van der Waals surface area contributed by atoms with Crippen LogP contribution in [-0.4, -0.2) is 77.4 Å². The van der Waals surface area contributed by atoms with Crippen LogP contribution in [0, 0.1) is 0 Å². The Kier molecular flexibility index (Phi) is 11.7. The Labute approximate surface area is 310 Å². The first kappa shape index (κ1) is 37.5. The number of hydrogen-bond acceptors (Lipinski definition) is 12. The summed E-state index contributed by atoms with van der Waals surface area (Å²) in [5.74, 6) is 0.973. The van der Waals surface area contributed by atoms with E-state index in [-0.39, 0.29) is 18.2 Å². The van der Waals surface area contributed by atoms with Crippen LogP contribution in [0.4, 0.5) is 26.6 Å². The number of piperidine rings is 1. The second-order valence-corrected chi connectivity index (χ2v) is 16.8. The molecule has 0 radical (unpaired) electrons. The Morgan fingerprint density at radius 3 is 2.02 bits per heavy atom. The second kappa shape index (κ2) is 16.2. The number of amides is 2. The van der Waals surface area contributed by atoms with Crippen LogP contribution >= 0.6 is 11.5 Å². The van der Waals surface area contributed by atoms with Gasteiger partial charge in [0.15, 0.2) is 0 Å². The summed E-state index contributed by atoms with van der Waals surface area (Å²) < 4.78 is 17.4. The van der Waals surface area contributed by atoms with Gasteiger partial charge in [0.05, 0.1) is 11.7 Å². The van der Waals surface area contributed by atoms with Crippen molar-refractivity contribution in [2.45, 2.75) is 141 Å². The number of alkyl carbamates (subject to hydrolysis) is 2. The van der Waals surface area contributed by atoms with Crippen LogP contribution < -0.4 is 20.9 Å². The molecule has 282 valence electrons. The summed E-state index contributed by atoms with van der Waals surface area (Å²) in [7, 11) is 0. The van der Waals surface area contributed by atoms with Gasteiger partial charge in [-0.3, -0.25) is 10.3 Å². The molecule has 3 fully saturated rings. The zero-order chi connectivity index (χ0) is 36.9. The third-order valence-electron chi connectivity index (χ3n) is 9.49. The molecule has 0 spiro atoms. The van der Waals surface area contributed by atoms with Crippen LogP contribution in [0.1, 0.15) is 118 Å². The predicted octanol–water partition coefficient (Wildman–Crippen LogP) is 8.03. The second-order valence-electron chi connectivity index (χ2n) is 16.0.